The molecule has 0 amide bonds. The Balaban J connectivity index is 2.25. The topological polar surface area (TPSA) is 42.7 Å². The number of halogens is 1. The van der Waals surface area contributed by atoms with Crippen molar-refractivity contribution >= 4 is 11.6 Å². The summed E-state index contributed by atoms with van der Waals surface area (Å²) in [6.07, 6.45) is 6.20. The standard InChI is InChI=1S/C13H17ClN4/c1-3-18-13(11(14)9-17-18)12(15-2)7-10-5-4-6-16-8-10/h4-6,8-9,12,15H,3,7H2,1-2H3. The Bertz CT molecular complexity index is 495. The molecule has 1 unspecified atom stereocenters. The van der Waals surface area contributed by atoms with E-state index in [1.165, 1.54) is 5.56 Å². The van der Waals surface area contributed by atoms with Crippen LogP contribution >= 0.6 is 11.6 Å². The number of aryl methyl sites for hydroxylation is 1. The lowest BCUT2D eigenvalue weighted by Gasteiger charge is -2.18. The molecule has 2 rings (SSSR count). The zero-order chi connectivity index (χ0) is 13.0. The summed E-state index contributed by atoms with van der Waals surface area (Å²) in [7, 11) is 1.93. The van der Waals surface area contributed by atoms with Gasteiger partial charge in [0.2, 0.25) is 0 Å². The van der Waals surface area contributed by atoms with Crippen molar-refractivity contribution in [1.82, 2.24) is 20.1 Å². The first-order valence-electron chi connectivity index (χ1n) is 6.03. The second-order valence-electron chi connectivity index (χ2n) is 4.10. The second-order valence-corrected chi connectivity index (χ2v) is 4.51. The van der Waals surface area contributed by atoms with Gasteiger partial charge >= 0.3 is 0 Å². The van der Waals surface area contributed by atoms with Gasteiger partial charge < -0.3 is 5.32 Å². The lowest BCUT2D eigenvalue weighted by Crippen LogP contribution is -2.22. The monoisotopic (exact) mass is 264 g/mol. The molecule has 0 fully saturated rings. The molecule has 4 nitrogen and oxygen atoms in total. The molecule has 2 aromatic rings. The lowest BCUT2D eigenvalue weighted by molar-refractivity contribution is 0.513. The van der Waals surface area contributed by atoms with Crippen LogP contribution in [0.2, 0.25) is 5.02 Å². The van der Waals surface area contributed by atoms with Crippen LogP contribution in [0.15, 0.2) is 30.7 Å². The molecule has 0 aromatic carbocycles. The highest BCUT2D eigenvalue weighted by Crippen LogP contribution is 2.25. The van der Waals surface area contributed by atoms with Crippen LogP contribution in [-0.4, -0.2) is 21.8 Å². The third-order valence-electron chi connectivity index (χ3n) is 2.97. The smallest absolute Gasteiger partial charge is 0.0834 e. The molecule has 1 N–H and O–H groups in total. The maximum absolute atomic E-state index is 6.22. The molecule has 2 heterocycles. The molecule has 1 atom stereocenters. The first-order valence-corrected chi connectivity index (χ1v) is 6.41. The maximum Gasteiger partial charge on any atom is 0.0834 e. The highest BCUT2D eigenvalue weighted by atomic mass is 35.5. The molecular formula is C13H17ClN4. The summed E-state index contributed by atoms with van der Waals surface area (Å²) in [6, 6.07) is 4.16. The maximum atomic E-state index is 6.22. The van der Waals surface area contributed by atoms with E-state index in [0.29, 0.717) is 5.02 Å². The van der Waals surface area contributed by atoms with Crippen LogP contribution in [0.25, 0.3) is 0 Å². The second kappa shape index (κ2) is 5.98. The molecular weight excluding hydrogens is 248 g/mol. The number of nitrogens with zero attached hydrogens (tertiary/aromatic N) is 3. The van der Waals surface area contributed by atoms with Gasteiger partial charge in [-0.15, -0.1) is 0 Å². The van der Waals surface area contributed by atoms with Crippen molar-refractivity contribution < 1.29 is 0 Å². The molecule has 0 saturated heterocycles. The van der Waals surface area contributed by atoms with Crippen molar-refractivity contribution in [3.8, 4) is 0 Å². The van der Waals surface area contributed by atoms with E-state index in [0.717, 1.165) is 18.7 Å². The summed E-state index contributed by atoms with van der Waals surface area (Å²) in [5, 5.41) is 8.28. The summed E-state index contributed by atoms with van der Waals surface area (Å²) < 4.78 is 1.93. The van der Waals surface area contributed by atoms with Gasteiger partial charge in [0.15, 0.2) is 0 Å². The van der Waals surface area contributed by atoms with Crippen LogP contribution < -0.4 is 5.32 Å². The number of pyridine rings is 1. The van der Waals surface area contributed by atoms with E-state index >= 15 is 0 Å². The van der Waals surface area contributed by atoms with Crippen LogP contribution in [0.1, 0.15) is 24.2 Å². The fraction of sp³-hybridized carbons (Fsp3) is 0.385. The van der Waals surface area contributed by atoms with Crippen LogP contribution in [-0.2, 0) is 13.0 Å². The fourth-order valence-corrected chi connectivity index (χ4v) is 2.33. The van der Waals surface area contributed by atoms with Crippen molar-refractivity contribution in [3.05, 3.63) is 47.0 Å². The van der Waals surface area contributed by atoms with E-state index in [-0.39, 0.29) is 6.04 Å². The summed E-state index contributed by atoms with van der Waals surface area (Å²) in [5.41, 5.74) is 2.21. The molecule has 0 aliphatic heterocycles. The largest absolute Gasteiger partial charge is 0.311 e. The van der Waals surface area contributed by atoms with Crippen LogP contribution in [0.4, 0.5) is 0 Å². The third kappa shape index (κ3) is 2.71. The van der Waals surface area contributed by atoms with Gasteiger partial charge in [-0.25, -0.2) is 0 Å². The van der Waals surface area contributed by atoms with Gasteiger partial charge in [-0.2, -0.15) is 5.10 Å². The molecule has 2 aromatic heterocycles. The van der Waals surface area contributed by atoms with Crippen LogP contribution in [0.5, 0.6) is 0 Å². The summed E-state index contributed by atoms with van der Waals surface area (Å²) in [5.74, 6) is 0. The van der Waals surface area contributed by atoms with E-state index in [9.17, 15) is 0 Å². The zero-order valence-electron chi connectivity index (χ0n) is 10.6. The van der Waals surface area contributed by atoms with Crippen molar-refractivity contribution in [3.63, 3.8) is 0 Å². The molecule has 0 radical (unpaired) electrons. The minimum atomic E-state index is 0.143. The number of hydrogen-bond donors (Lipinski definition) is 1. The SMILES string of the molecule is CCn1ncc(Cl)c1C(Cc1cccnc1)NC. The highest BCUT2D eigenvalue weighted by Gasteiger charge is 2.18. The van der Waals surface area contributed by atoms with Gasteiger partial charge in [-0.05, 0) is 32.0 Å². The Morgan fingerprint density at radius 3 is 2.89 bits per heavy atom. The zero-order valence-corrected chi connectivity index (χ0v) is 11.4. The number of likely N-dealkylation sites (N-methyl/N-ethyl adjacent to an activating group) is 1. The van der Waals surface area contributed by atoms with Crippen molar-refractivity contribution in [2.24, 2.45) is 0 Å². The molecule has 96 valence electrons. The average Bonchev–Trinajstić information content (AvgIpc) is 2.78. The number of hydrogen-bond acceptors (Lipinski definition) is 3. The predicted molar refractivity (Wildman–Crippen MR) is 72.7 cm³/mol. The fourth-order valence-electron chi connectivity index (χ4n) is 2.06. The lowest BCUT2D eigenvalue weighted by atomic mass is 10.0. The minimum absolute atomic E-state index is 0.143. The Hall–Kier alpha value is -1.39. The van der Waals surface area contributed by atoms with Crippen molar-refractivity contribution in [2.45, 2.75) is 25.9 Å². The van der Waals surface area contributed by atoms with Gasteiger partial charge in [0.1, 0.15) is 0 Å². The first kappa shape index (κ1) is 13.1. The number of nitrogens with one attached hydrogen (secondary N) is 1. The Morgan fingerprint density at radius 2 is 2.28 bits per heavy atom. The number of aromatic nitrogens is 3. The van der Waals surface area contributed by atoms with Gasteiger partial charge in [0.05, 0.1) is 23.0 Å². The van der Waals surface area contributed by atoms with E-state index in [4.69, 9.17) is 11.6 Å². The minimum Gasteiger partial charge on any atom is -0.311 e. The molecule has 0 bridgehead atoms. The molecule has 0 saturated carbocycles. The van der Waals surface area contributed by atoms with Crippen molar-refractivity contribution in [1.29, 1.82) is 0 Å². The Labute approximate surface area is 112 Å². The van der Waals surface area contributed by atoms with Gasteiger partial charge in [0, 0.05) is 18.9 Å². The summed E-state index contributed by atoms with van der Waals surface area (Å²) in [4.78, 5) is 4.14. The number of rotatable bonds is 5. The van der Waals surface area contributed by atoms with Gasteiger partial charge in [-0.1, -0.05) is 17.7 Å². The summed E-state index contributed by atoms with van der Waals surface area (Å²) >= 11 is 6.22. The Kier molecular flexibility index (Phi) is 4.33. The van der Waals surface area contributed by atoms with Gasteiger partial charge in [0.25, 0.3) is 0 Å². The molecule has 18 heavy (non-hydrogen) atoms. The first-order chi connectivity index (χ1) is 8.76. The summed E-state index contributed by atoms with van der Waals surface area (Å²) in [6.45, 7) is 2.87. The van der Waals surface area contributed by atoms with Crippen LogP contribution in [0.3, 0.4) is 0 Å². The molecule has 0 aliphatic rings. The van der Waals surface area contributed by atoms with Gasteiger partial charge in [-0.3, -0.25) is 9.67 Å². The van der Waals surface area contributed by atoms with Crippen molar-refractivity contribution in [2.75, 3.05) is 7.05 Å². The Morgan fingerprint density at radius 1 is 1.44 bits per heavy atom. The van der Waals surface area contributed by atoms with E-state index < -0.39 is 0 Å². The van der Waals surface area contributed by atoms with E-state index in [2.05, 4.69) is 28.4 Å². The third-order valence-corrected chi connectivity index (χ3v) is 3.27. The van der Waals surface area contributed by atoms with E-state index in [1.807, 2.05) is 24.0 Å². The highest BCUT2D eigenvalue weighted by molar-refractivity contribution is 6.31. The molecule has 0 aliphatic carbocycles. The molecule has 5 heteroatoms. The average molecular weight is 265 g/mol. The van der Waals surface area contributed by atoms with Crippen LogP contribution in [0, 0.1) is 0 Å². The quantitative estimate of drug-likeness (QED) is 0.902. The molecule has 0 spiro atoms. The predicted octanol–water partition coefficient (Wildman–Crippen LogP) is 2.45. The normalized spacial score (nSPS) is 12.6. The van der Waals surface area contributed by atoms with E-state index in [1.54, 1.807) is 12.4 Å².